The molecular formula is C12H18O3. The first-order chi connectivity index (χ1) is 7.29. The van der Waals surface area contributed by atoms with Crippen molar-refractivity contribution in [1.29, 1.82) is 0 Å². The molecule has 0 radical (unpaired) electrons. The van der Waals surface area contributed by atoms with Crippen LogP contribution in [0.2, 0.25) is 0 Å². The summed E-state index contributed by atoms with van der Waals surface area (Å²) >= 11 is 0. The average Bonchev–Trinajstić information content (AvgIpc) is 2.68. The van der Waals surface area contributed by atoms with Crippen molar-refractivity contribution in [3.63, 3.8) is 0 Å². The molecule has 1 rings (SSSR count). The molecule has 3 heteroatoms. The maximum absolute atomic E-state index is 10.2. The van der Waals surface area contributed by atoms with Crippen molar-refractivity contribution < 1.29 is 14.3 Å². The third kappa shape index (κ3) is 5.94. The Morgan fingerprint density at radius 2 is 1.93 bits per heavy atom. The second-order valence-corrected chi connectivity index (χ2v) is 3.74. The van der Waals surface area contributed by atoms with Gasteiger partial charge in [-0.3, -0.25) is 4.79 Å². The van der Waals surface area contributed by atoms with Gasteiger partial charge in [-0.05, 0) is 25.0 Å². The van der Waals surface area contributed by atoms with Gasteiger partial charge in [0, 0.05) is 12.8 Å². The molecule has 3 nitrogen and oxygen atoms in total. The Balaban J connectivity index is 1.87. The first-order valence-corrected chi connectivity index (χ1v) is 5.53. The molecule has 1 aromatic rings. The van der Waals surface area contributed by atoms with Gasteiger partial charge in [-0.2, -0.15) is 0 Å². The summed E-state index contributed by atoms with van der Waals surface area (Å²) in [5.41, 5.74) is 0. The summed E-state index contributed by atoms with van der Waals surface area (Å²) in [7, 11) is 0. The maximum Gasteiger partial charge on any atom is 0.303 e. The zero-order valence-electron chi connectivity index (χ0n) is 8.95. The van der Waals surface area contributed by atoms with Crippen molar-refractivity contribution in [2.24, 2.45) is 0 Å². The highest BCUT2D eigenvalue weighted by molar-refractivity contribution is 5.66. The number of carboxylic acid groups (broad SMARTS) is 1. The van der Waals surface area contributed by atoms with E-state index in [4.69, 9.17) is 9.52 Å². The topological polar surface area (TPSA) is 50.4 Å². The Bertz CT molecular complexity index is 264. The molecule has 15 heavy (non-hydrogen) atoms. The van der Waals surface area contributed by atoms with Crippen molar-refractivity contribution in [3.8, 4) is 0 Å². The fourth-order valence-electron chi connectivity index (χ4n) is 1.56. The van der Waals surface area contributed by atoms with Crippen molar-refractivity contribution >= 4 is 5.97 Å². The molecule has 0 amide bonds. The minimum Gasteiger partial charge on any atom is -0.481 e. The van der Waals surface area contributed by atoms with Gasteiger partial charge < -0.3 is 9.52 Å². The van der Waals surface area contributed by atoms with Crippen LogP contribution in [0.1, 0.15) is 44.3 Å². The molecule has 0 aliphatic rings. The van der Waals surface area contributed by atoms with Crippen molar-refractivity contribution in [2.45, 2.75) is 44.9 Å². The molecule has 0 unspecified atom stereocenters. The zero-order valence-corrected chi connectivity index (χ0v) is 8.95. The van der Waals surface area contributed by atoms with Crippen molar-refractivity contribution in [1.82, 2.24) is 0 Å². The lowest BCUT2D eigenvalue weighted by molar-refractivity contribution is -0.137. The van der Waals surface area contributed by atoms with Crippen LogP contribution in [0.5, 0.6) is 0 Å². The molecule has 1 heterocycles. The van der Waals surface area contributed by atoms with E-state index in [1.165, 1.54) is 0 Å². The Morgan fingerprint density at radius 1 is 1.20 bits per heavy atom. The largest absolute Gasteiger partial charge is 0.481 e. The van der Waals surface area contributed by atoms with Gasteiger partial charge in [0.25, 0.3) is 0 Å². The number of unbranched alkanes of at least 4 members (excludes halogenated alkanes) is 4. The van der Waals surface area contributed by atoms with Gasteiger partial charge in [0.05, 0.1) is 6.26 Å². The summed E-state index contributed by atoms with van der Waals surface area (Å²) < 4.78 is 5.21. The predicted molar refractivity (Wildman–Crippen MR) is 57.7 cm³/mol. The first-order valence-electron chi connectivity index (χ1n) is 5.53. The number of aliphatic carboxylic acids is 1. The van der Waals surface area contributed by atoms with E-state index >= 15 is 0 Å². The molecule has 84 valence electrons. The van der Waals surface area contributed by atoms with Gasteiger partial charge in [0.1, 0.15) is 5.76 Å². The SMILES string of the molecule is O=C(O)CCCCCCCc1ccco1. The predicted octanol–water partition coefficient (Wildman–Crippen LogP) is 3.25. The van der Waals surface area contributed by atoms with Gasteiger partial charge in [0.2, 0.25) is 0 Å². The monoisotopic (exact) mass is 210 g/mol. The van der Waals surface area contributed by atoms with E-state index in [1.54, 1.807) is 6.26 Å². The molecule has 0 aromatic carbocycles. The van der Waals surface area contributed by atoms with E-state index in [2.05, 4.69) is 0 Å². The lowest BCUT2D eigenvalue weighted by atomic mass is 10.1. The third-order valence-electron chi connectivity index (χ3n) is 2.39. The van der Waals surface area contributed by atoms with Crippen LogP contribution >= 0.6 is 0 Å². The van der Waals surface area contributed by atoms with Crippen LogP contribution in [-0.4, -0.2) is 11.1 Å². The van der Waals surface area contributed by atoms with Crippen molar-refractivity contribution in [3.05, 3.63) is 24.2 Å². The number of hydrogen-bond acceptors (Lipinski definition) is 2. The number of furan rings is 1. The molecule has 0 aliphatic carbocycles. The minimum absolute atomic E-state index is 0.304. The lowest BCUT2D eigenvalue weighted by Crippen LogP contribution is -1.93. The molecule has 0 spiro atoms. The molecule has 0 fully saturated rings. The Kier molecular flexibility index (Phi) is 5.59. The normalized spacial score (nSPS) is 10.4. The quantitative estimate of drug-likeness (QED) is 0.670. The molecule has 0 saturated carbocycles. The summed E-state index contributed by atoms with van der Waals surface area (Å²) in [6.45, 7) is 0. The second-order valence-electron chi connectivity index (χ2n) is 3.74. The summed E-state index contributed by atoms with van der Waals surface area (Å²) in [4.78, 5) is 10.2. The number of carboxylic acids is 1. The number of carbonyl (C=O) groups is 1. The Labute approximate surface area is 90.1 Å². The van der Waals surface area contributed by atoms with Crippen LogP contribution in [0.25, 0.3) is 0 Å². The Morgan fingerprint density at radius 3 is 2.60 bits per heavy atom. The number of aryl methyl sites for hydroxylation is 1. The first kappa shape index (κ1) is 11.8. The van der Waals surface area contributed by atoms with E-state index in [0.717, 1.165) is 44.3 Å². The molecule has 1 N–H and O–H groups in total. The van der Waals surface area contributed by atoms with Gasteiger partial charge in [0.15, 0.2) is 0 Å². The van der Waals surface area contributed by atoms with E-state index in [1.807, 2.05) is 12.1 Å². The average molecular weight is 210 g/mol. The van der Waals surface area contributed by atoms with Gasteiger partial charge in [-0.15, -0.1) is 0 Å². The van der Waals surface area contributed by atoms with Crippen LogP contribution in [0, 0.1) is 0 Å². The molecule has 0 atom stereocenters. The highest BCUT2D eigenvalue weighted by Crippen LogP contribution is 2.10. The summed E-state index contributed by atoms with van der Waals surface area (Å²) in [6.07, 6.45) is 8.21. The lowest BCUT2D eigenvalue weighted by Gasteiger charge is -1.99. The van der Waals surface area contributed by atoms with Gasteiger partial charge in [-0.25, -0.2) is 0 Å². The molecule has 0 bridgehead atoms. The van der Waals surface area contributed by atoms with E-state index < -0.39 is 5.97 Å². The molecule has 0 saturated heterocycles. The minimum atomic E-state index is -0.689. The third-order valence-corrected chi connectivity index (χ3v) is 2.39. The van der Waals surface area contributed by atoms with E-state index in [0.29, 0.717) is 6.42 Å². The second kappa shape index (κ2) is 7.10. The standard InChI is InChI=1S/C12H18O3/c13-12(14)9-5-3-1-2-4-7-11-8-6-10-15-11/h6,8,10H,1-5,7,9H2,(H,13,14). The number of hydrogen-bond donors (Lipinski definition) is 1. The van der Waals surface area contributed by atoms with Gasteiger partial charge >= 0.3 is 5.97 Å². The smallest absolute Gasteiger partial charge is 0.303 e. The van der Waals surface area contributed by atoms with Crippen LogP contribution in [0.4, 0.5) is 0 Å². The number of rotatable bonds is 8. The maximum atomic E-state index is 10.2. The highest BCUT2D eigenvalue weighted by atomic mass is 16.4. The highest BCUT2D eigenvalue weighted by Gasteiger charge is 1.98. The van der Waals surface area contributed by atoms with Gasteiger partial charge in [-0.1, -0.05) is 19.3 Å². The fourth-order valence-corrected chi connectivity index (χ4v) is 1.56. The van der Waals surface area contributed by atoms with Crippen LogP contribution in [-0.2, 0) is 11.2 Å². The molecular weight excluding hydrogens is 192 g/mol. The summed E-state index contributed by atoms with van der Waals surface area (Å²) in [6, 6.07) is 3.90. The van der Waals surface area contributed by atoms with Crippen LogP contribution < -0.4 is 0 Å². The van der Waals surface area contributed by atoms with Crippen LogP contribution in [0.15, 0.2) is 22.8 Å². The summed E-state index contributed by atoms with van der Waals surface area (Å²) in [5, 5.41) is 8.43. The molecule has 0 aliphatic heterocycles. The van der Waals surface area contributed by atoms with Crippen molar-refractivity contribution in [2.75, 3.05) is 0 Å². The molecule has 1 aromatic heterocycles. The Hall–Kier alpha value is -1.25. The van der Waals surface area contributed by atoms with E-state index in [-0.39, 0.29) is 0 Å². The fraction of sp³-hybridized carbons (Fsp3) is 0.583. The zero-order chi connectivity index (χ0) is 10.9. The summed E-state index contributed by atoms with van der Waals surface area (Å²) in [5.74, 6) is 0.353. The van der Waals surface area contributed by atoms with E-state index in [9.17, 15) is 4.79 Å². The van der Waals surface area contributed by atoms with Crippen LogP contribution in [0.3, 0.4) is 0 Å².